The second kappa shape index (κ2) is 8.62. The molecule has 148 valence electrons. The van der Waals surface area contributed by atoms with Crippen LogP contribution in [-0.2, 0) is 22.7 Å². The maximum absolute atomic E-state index is 11.4. The first kappa shape index (κ1) is 18.8. The Hall–Kier alpha value is -3.58. The van der Waals surface area contributed by atoms with Crippen LogP contribution in [-0.4, -0.2) is 17.7 Å². The molecule has 7 heteroatoms. The van der Waals surface area contributed by atoms with Crippen LogP contribution in [0.3, 0.4) is 0 Å². The van der Waals surface area contributed by atoms with Crippen LogP contribution < -0.4 is 5.32 Å². The van der Waals surface area contributed by atoms with Crippen LogP contribution >= 0.6 is 0 Å². The minimum atomic E-state index is -0.483. The number of oxazole rings is 1. The van der Waals surface area contributed by atoms with Crippen LogP contribution in [0.1, 0.15) is 18.6 Å². The molecule has 2 heterocycles. The molecule has 29 heavy (non-hydrogen) atoms. The second-order valence-corrected chi connectivity index (χ2v) is 6.28. The summed E-state index contributed by atoms with van der Waals surface area (Å²) in [5.74, 6) is 1.85. The maximum Gasteiger partial charge on any atom is 0.411 e. The first-order chi connectivity index (χ1) is 14.2. The average Bonchev–Trinajstić information content (AvgIpc) is 3.35. The molecule has 0 aliphatic rings. The van der Waals surface area contributed by atoms with E-state index < -0.39 is 6.09 Å². The summed E-state index contributed by atoms with van der Waals surface area (Å²) in [4.78, 5) is 15.7. The van der Waals surface area contributed by atoms with Crippen LogP contribution in [0.25, 0.3) is 22.3 Å². The van der Waals surface area contributed by atoms with Gasteiger partial charge < -0.3 is 18.3 Å². The van der Waals surface area contributed by atoms with E-state index in [9.17, 15) is 4.79 Å². The first-order valence-electron chi connectivity index (χ1n) is 9.25. The van der Waals surface area contributed by atoms with Crippen molar-refractivity contribution in [3.63, 3.8) is 0 Å². The van der Waals surface area contributed by atoms with Crippen molar-refractivity contribution in [2.75, 3.05) is 11.9 Å². The topological polar surface area (TPSA) is 86.7 Å². The summed E-state index contributed by atoms with van der Waals surface area (Å²) in [7, 11) is 0. The van der Waals surface area contributed by atoms with Gasteiger partial charge in [0, 0.05) is 16.6 Å². The van der Waals surface area contributed by atoms with Crippen molar-refractivity contribution in [3.8, 4) is 11.3 Å². The lowest BCUT2D eigenvalue weighted by Crippen LogP contribution is -2.12. The van der Waals surface area contributed by atoms with Crippen molar-refractivity contribution in [3.05, 3.63) is 72.4 Å². The Morgan fingerprint density at radius 3 is 2.69 bits per heavy atom. The third-order valence-electron chi connectivity index (χ3n) is 4.19. The van der Waals surface area contributed by atoms with Crippen molar-refractivity contribution in [1.82, 2.24) is 4.98 Å². The van der Waals surface area contributed by atoms with Gasteiger partial charge >= 0.3 is 6.09 Å². The number of rotatable bonds is 7. The third-order valence-corrected chi connectivity index (χ3v) is 4.19. The van der Waals surface area contributed by atoms with Gasteiger partial charge in [0.25, 0.3) is 0 Å². The molecule has 0 bridgehead atoms. The summed E-state index contributed by atoms with van der Waals surface area (Å²) < 4.78 is 22.0. The Morgan fingerprint density at radius 2 is 1.90 bits per heavy atom. The Balaban J connectivity index is 1.32. The molecule has 2 aromatic carbocycles. The summed E-state index contributed by atoms with van der Waals surface area (Å²) in [5.41, 5.74) is 2.32. The van der Waals surface area contributed by atoms with Crippen molar-refractivity contribution in [1.29, 1.82) is 0 Å². The molecule has 0 fully saturated rings. The fourth-order valence-electron chi connectivity index (χ4n) is 2.86. The van der Waals surface area contributed by atoms with Crippen molar-refractivity contribution >= 4 is 22.7 Å². The number of nitrogens with one attached hydrogen (secondary N) is 1. The minimum Gasteiger partial charge on any atom is -0.459 e. The summed E-state index contributed by atoms with van der Waals surface area (Å²) in [6.07, 6.45) is 1.16. The predicted molar refractivity (Wildman–Crippen MR) is 107 cm³/mol. The molecule has 0 radical (unpaired) electrons. The van der Waals surface area contributed by atoms with E-state index >= 15 is 0 Å². The number of fused-ring (bicyclic) bond motifs is 1. The number of nitrogens with zero attached hydrogens (tertiary/aromatic N) is 1. The molecule has 0 unspecified atom stereocenters. The van der Waals surface area contributed by atoms with Gasteiger partial charge in [0.05, 0.1) is 12.8 Å². The van der Waals surface area contributed by atoms with Crippen molar-refractivity contribution in [2.45, 2.75) is 20.1 Å². The lowest BCUT2D eigenvalue weighted by Gasteiger charge is -2.05. The number of furan rings is 1. The molecule has 0 saturated carbocycles. The highest BCUT2D eigenvalue weighted by molar-refractivity contribution is 5.85. The van der Waals surface area contributed by atoms with Crippen LogP contribution in [0.4, 0.5) is 10.5 Å². The summed E-state index contributed by atoms with van der Waals surface area (Å²) in [6.45, 7) is 2.65. The van der Waals surface area contributed by atoms with Gasteiger partial charge in [-0.05, 0) is 43.3 Å². The number of carbonyl (C=O) groups excluding carboxylic acids is 1. The van der Waals surface area contributed by atoms with Gasteiger partial charge in [0.15, 0.2) is 5.76 Å². The van der Waals surface area contributed by atoms with Gasteiger partial charge in [-0.3, -0.25) is 5.32 Å². The van der Waals surface area contributed by atoms with Gasteiger partial charge in [0.2, 0.25) is 5.89 Å². The van der Waals surface area contributed by atoms with Gasteiger partial charge in [-0.25, -0.2) is 9.78 Å². The van der Waals surface area contributed by atoms with Crippen LogP contribution in [0, 0.1) is 0 Å². The molecule has 2 aromatic heterocycles. The quantitative estimate of drug-likeness (QED) is 0.455. The molecule has 4 aromatic rings. The van der Waals surface area contributed by atoms with E-state index in [1.807, 2.05) is 42.5 Å². The molecule has 1 amide bonds. The highest BCUT2D eigenvalue weighted by atomic mass is 16.5. The average molecular weight is 392 g/mol. The maximum atomic E-state index is 11.4. The van der Waals surface area contributed by atoms with E-state index in [0.717, 1.165) is 22.3 Å². The van der Waals surface area contributed by atoms with Gasteiger partial charge in [-0.15, -0.1) is 0 Å². The number of anilines is 1. The largest absolute Gasteiger partial charge is 0.459 e. The molecule has 0 saturated heterocycles. The minimum absolute atomic E-state index is 0.236. The molecule has 1 N–H and O–H groups in total. The fourth-order valence-corrected chi connectivity index (χ4v) is 2.86. The second-order valence-electron chi connectivity index (χ2n) is 6.28. The fraction of sp³-hybridized carbons (Fsp3) is 0.182. The lowest BCUT2D eigenvalue weighted by molar-refractivity contribution is 0.0786. The van der Waals surface area contributed by atoms with Crippen LogP contribution in [0.15, 0.2) is 69.6 Å². The highest BCUT2D eigenvalue weighted by Gasteiger charge is 2.09. The van der Waals surface area contributed by atoms with Crippen molar-refractivity contribution in [2.24, 2.45) is 0 Å². The Bertz CT molecular complexity index is 1060. The molecule has 0 aliphatic heterocycles. The number of hydrogen-bond acceptors (Lipinski definition) is 6. The standard InChI is InChI=1S/C22H20N2O5/c1-2-27-22(25)24-17-9-7-15(8-10-17)20-12-23-21(29-20)14-26-13-18-11-16-5-3-4-6-19(16)28-18/h3-12H,2,13-14H2,1H3,(H,24,25). The number of aromatic nitrogens is 1. The normalized spacial score (nSPS) is 10.9. The summed E-state index contributed by atoms with van der Waals surface area (Å²) in [6, 6.07) is 17.0. The SMILES string of the molecule is CCOC(=O)Nc1ccc(-c2cnc(COCc3cc4ccccc4o3)o2)cc1. The van der Waals surface area contributed by atoms with E-state index in [-0.39, 0.29) is 6.61 Å². The lowest BCUT2D eigenvalue weighted by atomic mass is 10.2. The highest BCUT2D eigenvalue weighted by Crippen LogP contribution is 2.23. The Labute approximate surface area is 167 Å². The molecule has 0 spiro atoms. The molecular formula is C22H20N2O5. The molecule has 0 atom stereocenters. The van der Waals surface area contributed by atoms with Gasteiger partial charge in [0.1, 0.15) is 24.6 Å². The smallest absolute Gasteiger partial charge is 0.411 e. The van der Waals surface area contributed by atoms with Gasteiger partial charge in [-0.1, -0.05) is 18.2 Å². The molecular weight excluding hydrogens is 372 g/mol. The van der Waals surface area contributed by atoms with Gasteiger partial charge in [-0.2, -0.15) is 0 Å². The number of ether oxygens (including phenoxy) is 2. The Morgan fingerprint density at radius 1 is 1.07 bits per heavy atom. The summed E-state index contributed by atoms with van der Waals surface area (Å²) in [5, 5.41) is 3.69. The predicted octanol–water partition coefficient (Wildman–Crippen LogP) is 5.37. The number of para-hydroxylation sites is 1. The third kappa shape index (κ3) is 4.64. The number of hydrogen-bond donors (Lipinski definition) is 1. The number of amides is 1. The molecule has 7 nitrogen and oxygen atoms in total. The van der Waals surface area contributed by atoms with E-state index in [1.165, 1.54) is 0 Å². The Kier molecular flexibility index (Phi) is 5.58. The zero-order valence-corrected chi connectivity index (χ0v) is 15.9. The van der Waals surface area contributed by atoms with Crippen LogP contribution in [0.2, 0.25) is 0 Å². The van der Waals surface area contributed by atoms with E-state index in [0.29, 0.717) is 30.6 Å². The molecule has 4 rings (SSSR count). The first-order valence-corrected chi connectivity index (χ1v) is 9.25. The zero-order chi connectivity index (χ0) is 20.1. The summed E-state index contributed by atoms with van der Waals surface area (Å²) >= 11 is 0. The number of benzene rings is 2. The zero-order valence-electron chi connectivity index (χ0n) is 15.9. The van der Waals surface area contributed by atoms with Crippen LogP contribution in [0.5, 0.6) is 0 Å². The van der Waals surface area contributed by atoms with E-state index in [4.69, 9.17) is 18.3 Å². The number of carbonyl (C=O) groups is 1. The monoisotopic (exact) mass is 392 g/mol. The molecule has 0 aliphatic carbocycles. The van der Waals surface area contributed by atoms with E-state index in [1.54, 1.807) is 25.3 Å². The van der Waals surface area contributed by atoms with Crippen molar-refractivity contribution < 1.29 is 23.1 Å². The van der Waals surface area contributed by atoms with E-state index in [2.05, 4.69) is 10.3 Å².